The van der Waals surface area contributed by atoms with E-state index in [0.29, 0.717) is 0 Å². The molecule has 1 aliphatic heterocycles. The van der Waals surface area contributed by atoms with Gasteiger partial charge in [-0.2, -0.15) is 0 Å². The molecular formula is C2H6NaO7P2. The van der Waals surface area contributed by atoms with Crippen LogP contribution in [-0.2, 0) is 22.5 Å². The van der Waals surface area contributed by atoms with Crippen LogP contribution in [0.4, 0.5) is 0 Å². The molecule has 1 radical (unpaired) electrons. The molecule has 0 aliphatic carbocycles. The van der Waals surface area contributed by atoms with Gasteiger partial charge in [0.1, 0.15) is 0 Å². The molecule has 0 saturated carbocycles. The molecule has 0 aromatic carbocycles. The van der Waals surface area contributed by atoms with E-state index in [1.807, 2.05) is 0 Å². The SMILES string of the molecule is O=[PH]1OC(CO)OP(=O)(O)O1.[Na]. The fourth-order valence-electron chi connectivity index (χ4n) is 0.485. The number of hydrogen-bond acceptors (Lipinski definition) is 6. The van der Waals surface area contributed by atoms with Crippen molar-refractivity contribution in [2.75, 3.05) is 6.61 Å². The second-order valence-corrected chi connectivity index (χ2v) is 4.26. The largest absolute Gasteiger partial charge is 0.481 e. The molecule has 67 valence electrons. The van der Waals surface area contributed by atoms with E-state index in [-0.39, 0.29) is 29.6 Å². The molecule has 0 aromatic heterocycles. The van der Waals surface area contributed by atoms with Crippen molar-refractivity contribution >= 4 is 45.6 Å². The molecule has 3 atom stereocenters. The molecule has 2 N–H and O–H groups in total. The number of rotatable bonds is 1. The Balaban J connectivity index is 0.00000121. The zero-order valence-corrected chi connectivity index (χ0v) is 10.1. The van der Waals surface area contributed by atoms with Gasteiger partial charge in [0.15, 0.2) is 0 Å². The van der Waals surface area contributed by atoms with Gasteiger partial charge in [0, 0.05) is 29.6 Å². The summed E-state index contributed by atoms with van der Waals surface area (Å²) in [6, 6.07) is 0. The molecule has 3 unspecified atom stereocenters. The van der Waals surface area contributed by atoms with Crippen LogP contribution in [0.3, 0.4) is 0 Å². The predicted octanol–water partition coefficient (Wildman–Crippen LogP) is -0.523. The van der Waals surface area contributed by atoms with Crippen LogP contribution in [0.25, 0.3) is 0 Å². The summed E-state index contributed by atoms with van der Waals surface area (Å²) in [6.07, 6.45) is -1.34. The van der Waals surface area contributed by atoms with E-state index >= 15 is 0 Å². The first-order valence-corrected chi connectivity index (χ1v) is 5.28. The Hall–Kier alpha value is 1.26. The number of hydrogen-bond donors (Lipinski definition) is 2. The van der Waals surface area contributed by atoms with Crippen molar-refractivity contribution in [3.05, 3.63) is 0 Å². The molecule has 1 aliphatic rings. The van der Waals surface area contributed by atoms with Gasteiger partial charge >= 0.3 is 16.1 Å². The Morgan fingerprint density at radius 2 is 2.17 bits per heavy atom. The topological polar surface area (TPSA) is 102 Å². The molecule has 7 nitrogen and oxygen atoms in total. The van der Waals surface area contributed by atoms with Crippen molar-refractivity contribution in [2.24, 2.45) is 0 Å². The van der Waals surface area contributed by atoms with Gasteiger partial charge in [-0.15, -0.1) is 0 Å². The first-order chi connectivity index (χ1) is 5.03. The molecular weight excluding hydrogens is 221 g/mol. The third-order valence-corrected chi connectivity index (χ3v) is 3.29. The molecule has 1 heterocycles. The van der Waals surface area contributed by atoms with Gasteiger partial charge in [0.2, 0.25) is 6.29 Å². The van der Waals surface area contributed by atoms with Gasteiger partial charge in [-0.25, -0.2) is 8.88 Å². The molecule has 0 aromatic rings. The minimum Gasteiger partial charge on any atom is -0.391 e. The van der Waals surface area contributed by atoms with Crippen molar-refractivity contribution in [2.45, 2.75) is 6.29 Å². The number of aliphatic hydroxyl groups excluding tert-OH is 1. The van der Waals surface area contributed by atoms with Crippen LogP contribution in [-0.4, -0.2) is 52.5 Å². The molecule has 0 bridgehead atoms. The second kappa shape index (κ2) is 5.22. The Bertz CT molecular complexity index is 217. The molecule has 1 fully saturated rings. The summed E-state index contributed by atoms with van der Waals surface area (Å²) in [5.41, 5.74) is 0. The van der Waals surface area contributed by atoms with Crippen LogP contribution in [0.1, 0.15) is 0 Å². The fourth-order valence-corrected chi connectivity index (χ4v) is 2.41. The van der Waals surface area contributed by atoms with Crippen molar-refractivity contribution in [1.82, 2.24) is 0 Å². The fraction of sp³-hybridized carbons (Fsp3) is 1.00. The molecule has 1 rings (SSSR count). The average molecular weight is 227 g/mol. The summed E-state index contributed by atoms with van der Waals surface area (Å²) in [6.45, 7) is -0.648. The van der Waals surface area contributed by atoms with Crippen molar-refractivity contribution in [3.63, 3.8) is 0 Å². The third-order valence-electron chi connectivity index (χ3n) is 0.817. The van der Waals surface area contributed by atoms with Gasteiger partial charge in [0.05, 0.1) is 6.61 Å². The Labute approximate surface area is 90.9 Å². The monoisotopic (exact) mass is 227 g/mol. The van der Waals surface area contributed by atoms with E-state index < -0.39 is 29.0 Å². The maximum absolute atomic E-state index is 10.6. The van der Waals surface area contributed by atoms with Gasteiger partial charge in [-0.05, 0) is 0 Å². The maximum Gasteiger partial charge on any atom is 0.481 e. The average Bonchev–Trinajstić information content (AvgIpc) is 1.83. The van der Waals surface area contributed by atoms with E-state index in [9.17, 15) is 9.13 Å². The van der Waals surface area contributed by atoms with E-state index in [2.05, 4.69) is 13.4 Å². The smallest absolute Gasteiger partial charge is 0.391 e. The number of phosphoric ester groups is 1. The van der Waals surface area contributed by atoms with E-state index in [1.54, 1.807) is 0 Å². The molecule has 1 saturated heterocycles. The van der Waals surface area contributed by atoms with Gasteiger partial charge in [-0.3, -0.25) is 13.6 Å². The van der Waals surface area contributed by atoms with Crippen LogP contribution >= 0.6 is 16.1 Å². The van der Waals surface area contributed by atoms with Gasteiger partial charge in [-0.1, -0.05) is 0 Å². The Morgan fingerprint density at radius 3 is 2.58 bits per heavy atom. The summed E-state index contributed by atoms with van der Waals surface area (Å²) in [5.74, 6) is 0. The summed E-state index contributed by atoms with van der Waals surface area (Å²) >= 11 is 0. The quantitative estimate of drug-likeness (QED) is 0.458. The predicted molar refractivity (Wildman–Crippen MR) is 38.7 cm³/mol. The summed E-state index contributed by atoms with van der Waals surface area (Å²) in [4.78, 5) is 8.59. The van der Waals surface area contributed by atoms with E-state index in [1.165, 1.54) is 0 Å². The van der Waals surface area contributed by atoms with Crippen LogP contribution in [0.5, 0.6) is 0 Å². The van der Waals surface area contributed by atoms with Crippen LogP contribution in [0.2, 0.25) is 0 Å². The van der Waals surface area contributed by atoms with Crippen LogP contribution in [0, 0.1) is 0 Å². The Kier molecular flexibility index (Phi) is 5.77. The van der Waals surface area contributed by atoms with Crippen LogP contribution < -0.4 is 0 Å². The maximum atomic E-state index is 10.6. The zero-order chi connectivity index (χ0) is 8.48. The minimum atomic E-state index is -4.27. The second-order valence-electron chi connectivity index (χ2n) is 1.65. The Morgan fingerprint density at radius 1 is 1.58 bits per heavy atom. The van der Waals surface area contributed by atoms with Gasteiger partial charge in [0.25, 0.3) is 0 Å². The van der Waals surface area contributed by atoms with E-state index in [0.717, 1.165) is 0 Å². The summed E-state index contributed by atoms with van der Waals surface area (Å²) < 4.78 is 33.4. The summed E-state index contributed by atoms with van der Waals surface area (Å²) in [5, 5.41) is 8.38. The first kappa shape index (κ1) is 13.3. The third kappa shape index (κ3) is 3.98. The van der Waals surface area contributed by atoms with Crippen molar-refractivity contribution in [1.29, 1.82) is 0 Å². The molecule has 0 amide bonds. The number of aliphatic hydroxyl groups is 1. The van der Waals surface area contributed by atoms with Crippen molar-refractivity contribution < 1.29 is 32.5 Å². The van der Waals surface area contributed by atoms with Crippen LogP contribution in [0.15, 0.2) is 0 Å². The van der Waals surface area contributed by atoms with Crippen molar-refractivity contribution in [3.8, 4) is 0 Å². The molecule has 12 heavy (non-hydrogen) atoms. The summed E-state index contributed by atoms with van der Waals surface area (Å²) in [7, 11) is -7.28. The minimum absolute atomic E-state index is 0. The first-order valence-electron chi connectivity index (χ1n) is 2.56. The zero-order valence-electron chi connectivity index (χ0n) is 6.17. The normalized spacial score (nSPS) is 41.8. The molecule has 0 spiro atoms. The number of phosphoric acid groups is 1. The van der Waals surface area contributed by atoms with E-state index in [4.69, 9.17) is 10.00 Å². The molecule has 10 heteroatoms. The van der Waals surface area contributed by atoms with Gasteiger partial charge < -0.3 is 10.00 Å². The standard InChI is InChI=1S/C2H6O7P2.Na/c3-1-2-7-10(4)9-11(5,6)8-2;/h2-3,10H,1H2,(H,5,6);.